The molecule has 0 heterocycles. The summed E-state index contributed by atoms with van der Waals surface area (Å²) in [6, 6.07) is 3.36. The van der Waals surface area contributed by atoms with Crippen LogP contribution in [0.25, 0.3) is 0 Å². The van der Waals surface area contributed by atoms with Crippen LogP contribution in [0, 0.1) is 17.6 Å². The standard InChI is InChI=1S/C17H17ClF2N2O2/c1-10(18)15(17(21-2)24-9-11-3-4-11)16(23)22-8-12-5-6-13(19)14(20)7-12/h5-7,11H,1-4,8-9H2,(H,22,23)/b17-15-. The molecule has 24 heavy (non-hydrogen) atoms. The molecule has 0 spiro atoms. The molecule has 1 N–H and O–H groups in total. The van der Waals surface area contributed by atoms with Gasteiger partial charge in [0.2, 0.25) is 5.88 Å². The maximum Gasteiger partial charge on any atom is 0.258 e. The van der Waals surface area contributed by atoms with Gasteiger partial charge in [-0.2, -0.15) is 0 Å². The summed E-state index contributed by atoms with van der Waals surface area (Å²) in [6.07, 6.45) is 2.15. The van der Waals surface area contributed by atoms with Gasteiger partial charge in [0.05, 0.1) is 11.6 Å². The van der Waals surface area contributed by atoms with Gasteiger partial charge >= 0.3 is 0 Å². The summed E-state index contributed by atoms with van der Waals surface area (Å²) in [6.45, 7) is 7.33. The predicted molar refractivity (Wildman–Crippen MR) is 88.4 cm³/mol. The molecule has 1 aromatic rings. The van der Waals surface area contributed by atoms with Gasteiger partial charge in [-0.05, 0) is 43.2 Å². The van der Waals surface area contributed by atoms with E-state index in [0.717, 1.165) is 25.0 Å². The number of carbonyl (C=O) groups is 1. The lowest BCUT2D eigenvalue weighted by Gasteiger charge is -2.12. The second kappa shape index (κ2) is 8.06. The molecule has 1 saturated carbocycles. The summed E-state index contributed by atoms with van der Waals surface area (Å²) >= 11 is 5.88. The Hall–Kier alpha value is -2.21. The molecular formula is C17H17ClF2N2O2. The van der Waals surface area contributed by atoms with Crippen molar-refractivity contribution < 1.29 is 18.3 Å². The molecule has 0 aliphatic heterocycles. The molecule has 7 heteroatoms. The molecule has 4 nitrogen and oxygen atoms in total. The highest BCUT2D eigenvalue weighted by molar-refractivity contribution is 6.35. The molecule has 128 valence electrons. The van der Waals surface area contributed by atoms with Crippen LogP contribution < -0.4 is 5.32 Å². The first-order valence-electron chi connectivity index (χ1n) is 7.33. The molecule has 1 aliphatic rings. The van der Waals surface area contributed by atoms with Crippen molar-refractivity contribution in [2.75, 3.05) is 6.61 Å². The minimum absolute atomic E-state index is 0.00434. The Kier molecular flexibility index (Phi) is 6.09. The van der Waals surface area contributed by atoms with Crippen molar-refractivity contribution >= 4 is 24.2 Å². The van der Waals surface area contributed by atoms with Crippen molar-refractivity contribution in [2.45, 2.75) is 19.4 Å². The highest BCUT2D eigenvalue weighted by Gasteiger charge is 2.24. The van der Waals surface area contributed by atoms with Gasteiger partial charge in [0.1, 0.15) is 5.57 Å². The Bertz CT molecular complexity index is 700. The molecule has 2 rings (SSSR count). The molecular weight excluding hydrogens is 338 g/mol. The quantitative estimate of drug-likeness (QED) is 0.335. The van der Waals surface area contributed by atoms with E-state index in [2.05, 4.69) is 23.6 Å². The van der Waals surface area contributed by atoms with E-state index < -0.39 is 17.5 Å². The van der Waals surface area contributed by atoms with Gasteiger partial charge in [-0.25, -0.2) is 13.8 Å². The first kappa shape index (κ1) is 18.1. The Morgan fingerprint density at radius 1 is 1.38 bits per heavy atom. The van der Waals surface area contributed by atoms with Gasteiger partial charge in [0, 0.05) is 6.54 Å². The Balaban J connectivity index is 2.07. The van der Waals surface area contributed by atoms with Gasteiger partial charge in [-0.3, -0.25) is 4.79 Å². The number of amides is 1. The van der Waals surface area contributed by atoms with Gasteiger partial charge in [-0.15, -0.1) is 0 Å². The lowest BCUT2D eigenvalue weighted by atomic mass is 10.2. The average molecular weight is 355 g/mol. The molecule has 0 bridgehead atoms. The summed E-state index contributed by atoms with van der Waals surface area (Å²) in [5.74, 6) is -2.06. The second-order valence-electron chi connectivity index (χ2n) is 5.43. The number of halogens is 3. The topological polar surface area (TPSA) is 50.7 Å². The van der Waals surface area contributed by atoms with E-state index in [-0.39, 0.29) is 23.0 Å². The number of ether oxygens (including phenoxy) is 1. The molecule has 0 atom stereocenters. The summed E-state index contributed by atoms with van der Waals surface area (Å²) in [5.41, 5.74) is 0.365. The van der Waals surface area contributed by atoms with E-state index in [0.29, 0.717) is 18.1 Å². The number of aliphatic imine (C=N–C) groups is 1. The van der Waals surface area contributed by atoms with E-state index in [1.54, 1.807) is 0 Å². The van der Waals surface area contributed by atoms with Crippen molar-refractivity contribution in [3.05, 3.63) is 58.5 Å². The van der Waals surface area contributed by atoms with Gasteiger partial charge in [0.25, 0.3) is 5.91 Å². The van der Waals surface area contributed by atoms with Gasteiger partial charge in [-0.1, -0.05) is 24.2 Å². The smallest absolute Gasteiger partial charge is 0.258 e. The summed E-state index contributed by atoms with van der Waals surface area (Å²) < 4.78 is 31.6. The number of rotatable bonds is 8. The van der Waals surface area contributed by atoms with Crippen LogP contribution in [0.1, 0.15) is 18.4 Å². The number of hydrogen-bond donors (Lipinski definition) is 1. The maximum atomic E-state index is 13.2. The fraction of sp³-hybridized carbons (Fsp3) is 0.294. The number of carbonyl (C=O) groups excluding carboxylic acids is 1. The third-order valence-corrected chi connectivity index (χ3v) is 3.63. The number of nitrogens with one attached hydrogen (secondary N) is 1. The molecule has 0 saturated heterocycles. The number of hydrogen-bond acceptors (Lipinski definition) is 3. The zero-order valence-corrected chi connectivity index (χ0v) is 13.7. The zero-order chi connectivity index (χ0) is 17.7. The van der Waals surface area contributed by atoms with Crippen LogP contribution in [-0.2, 0) is 16.1 Å². The first-order chi connectivity index (χ1) is 11.4. The Morgan fingerprint density at radius 3 is 2.62 bits per heavy atom. The van der Waals surface area contributed by atoms with Crippen molar-refractivity contribution in [3.8, 4) is 0 Å². The minimum atomic E-state index is -0.986. The molecule has 1 amide bonds. The first-order valence-corrected chi connectivity index (χ1v) is 7.71. The normalized spacial score (nSPS) is 14.6. The summed E-state index contributed by atoms with van der Waals surface area (Å²) in [4.78, 5) is 16.0. The van der Waals surface area contributed by atoms with E-state index in [4.69, 9.17) is 16.3 Å². The maximum absolute atomic E-state index is 13.2. The lowest BCUT2D eigenvalue weighted by molar-refractivity contribution is -0.117. The summed E-state index contributed by atoms with van der Waals surface area (Å²) in [7, 11) is 0. The number of nitrogens with zero attached hydrogens (tertiary/aromatic N) is 1. The zero-order valence-electron chi connectivity index (χ0n) is 12.9. The molecule has 0 aromatic heterocycles. The molecule has 1 fully saturated rings. The molecule has 1 aromatic carbocycles. The summed E-state index contributed by atoms with van der Waals surface area (Å²) in [5, 5.41) is 2.50. The third-order valence-electron chi connectivity index (χ3n) is 3.45. The van der Waals surface area contributed by atoms with Crippen LogP contribution in [0.3, 0.4) is 0 Å². The van der Waals surface area contributed by atoms with E-state index >= 15 is 0 Å². The molecule has 1 aliphatic carbocycles. The minimum Gasteiger partial charge on any atom is -0.477 e. The lowest BCUT2D eigenvalue weighted by Crippen LogP contribution is -2.26. The van der Waals surface area contributed by atoms with Crippen molar-refractivity contribution in [1.29, 1.82) is 0 Å². The third kappa shape index (κ3) is 4.89. The van der Waals surface area contributed by atoms with Crippen LogP contribution in [0.2, 0.25) is 0 Å². The fourth-order valence-corrected chi connectivity index (χ4v) is 2.10. The van der Waals surface area contributed by atoms with Crippen molar-refractivity contribution in [1.82, 2.24) is 5.32 Å². The SMILES string of the molecule is C=N/C(OCC1CC1)=C(\C(=C)Cl)C(=O)NCc1ccc(F)c(F)c1. The number of benzene rings is 1. The van der Waals surface area contributed by atoms with Crippen LogP contribution in [-0.4, -0.2) is 19.2 Å². The highest BCUT2D eigenvalue weighted by Crippen LogP contribution is 2.30. The fourth-order valence-electron chi connectivity index (χ4n) is 1.93. The van der Waals surface area contributed by atoms with Crippen LogP contribution in [0.5, 0.6) is 0 Å². The largest absolute Gasteiger partial charge is 0.477 e. The van der Waals surface area contributed by atoms with E-state index in [9.17, 15) is 13.6 Å². The monoisotopic (exact) mass is 354 g/mol. The van der Waals surface area contributed by atoms with E-state index in [1.165, 1.54) is 6.07 Å². The van der Waals surface area contributed by atoms with Crippen LogP contribution >= 0.6 is 11.6 Å². The highest BCUT2D eigenvalue weighted by atomic mass is 35.5. The molecule has 0 unspecified atom stereocenters. The van der Waals surface area contributed by atoms with Crippen LogP contribution in [0.15, 0.2) is 46.3 Å². The van der Waals surface area contributed by atoms with Gasteiger partial charge < -0.3 is 10.1 Å². The molecule has 0 radical (unpaired) electrons. The van der Waals surface area contributed by atoms with Crippen molar-refractivity contribution in [2.24, 2.45) is 10.9 Å². The van der Waals surface area contributed by atoms with Crippen LogP contribution in [0.4, 0.5) is 8.78 Å². The van der Waals surface area contributed by atoms with Gasteiger partial charge in [0.15, 0.2) is 11.6 Å². The predicted octanol–water partition coefficient (Wildman–Crippen LogP) is 3.67. The van der Waals surface area contributed by atoms with E-state index in [1.807, 2.05) is 0 Å². The average Bonchev–Trinajstić information content (AvgIpc) is 3.36. The Morgan fingerprint density at radius 2 is 2.08 bits per heavy atom. The Labute approximate surface area is 143 Å². The van der Waals surface area contributed by atoms with Crippen molar-refractivity contribution in [3.63, 3.8) is 0 Å². The second-order valence-corrected chi connectivity index (χ2v) is 5.88.